The molecule has 6 heteroatoms. The Kier molecular flexibility index (Phi) is 8.28. The van der Waals surface area contributed by atoms with Gasteiger partial charge < -0.3 is 14.8 Å². The van der Waals surface area contributed by atoms with E-state index in [-0.39, 0.29) is 17.9 Å². The van der Waals surface area contributed by atoms with Crippen LogP contribution in [0.15, 0.2) is 48.5 Å². The van der Waals surface area contributed by atoms with Gasteiger partial charge in [0.2, 0.25) is 5.91 Å². The van der Waals surface area contributed by atoms with Gasteiger partial charge in [0.25, 0.3) is 0 Å². The first-order valence-corrected chi connectivity index (χ1v) is 11.4. The molecule has 1 atom stereocenters. The molecule has 2 aromatic carbocycles. The number of amides is 1. The summed E-state index contributed by atoms with van der Waals surface area (Å²) in [4.78, 5) is 25.0. The summed E-state index contributed by atoms with van der Waals surface area (Å²) in [6.07, 6.45) is 4.85. The number of nitrogens with one attached hydrogen (secondary N) is 2. The van der Waals surface area contributed by atoms with Crippen LogP contribution in [-0.2, 0) is 9.53 Å². The minimum absolute atomic E-state index is 0.0253. The highest BCUT2D eigenvalue weighted by molar-refractivity contribution is 5.89. The Morgan fingerprint density at radius 2 is 1.78 bits per heavy atom. The van der Waals surface area contributed by atoms with Gasteiger partial charge in [-0.05, 0) is 62.1 Å². The molecule has 0 unspecified atom stereocenters. The summed E-state index contributed by atoms with van der Waals surface area (Å²) in [7, 11) is 1.36. The second-order valence-electron chi connectivity index (χ2n) is 8.54. The van der Waals surface area contributed by atoms with Gasteiger partial charge >= 0.3 is 5.97 Å². The molecule has 0 heterocycles. The van der Waals surface area contributed by atoms with Crippen molar-refractivity contribution in [1.82, 2.24) is 10.6 Å². The molecule has 1 aliphatic rings. The zero-order valence-electron chi connectivity index (χ0n) is 19.3. The van der Waals surface area contributed by atoms with E-state index in [0.29, 0.717) is 18.7 Å². The molecule has 172 valence electrons. The van der Waals surface area contributed by atoms with E-state index in [1.165, 1.54) is 7.11 Å². The summed E-state index contributed by atoms with van der Waals surface area (Å²) in [5.41, 5.74) is 2.02. The van der Waals surface area contributed by atoms with Crippen LogP contribution < -0.4 is 15.4 Å². The molecule has 2 N–H and O–H groups in total. The molecule has 2 aromatic rings. The Morgan fingerprint density at radius 1 is 1.06 bits per heavy atom. The predicted molar refractivity (Wildman–Crippen MR) is 125 cm³/mol. The minimum atomic E-state index is -0.575. The maximum absolute atomic E-state index is 13.3. The van der Waals surface area contributed by atoms with Crippen molar-refractivity contribution in [3.63, 3.8) is 0 Å². The second kappa shape index (κ2) is 11.1. The third-order valence-electron chi connectivity index (χ3n) is 6.14. The molecule has 32 heavy (non-hydrogen) atoms. The van der Waals surface area contributed by atoms with Crippen molar-refractivity contribution in [2.24, 2.45) is 0 Å². The molecule has 1 aliphatic carbocycles. The van der Waals surface area contributed by atoms with Crippen molar-refractivity contribution >= 4 is 11.9 Å². The summed E-state index contributed by atoms with van der Waals surface area (Å²) >= 11 is 0. The number of benzene rings is 2. The number of methoxy groups -OCH3 is 1. The molecular weight excluding hydrogens is 404 g/mol. The van der Waals surface area contributed by atoms with Crippen molar-refractivity contribution in [2.75, 3.05) is 20.3 Å². The van der Waals surface area contributed by atoms with Gasteiger partial charge in [-0.15, -0.1) is 0 Å². The number of carbonyl (C=O) groups excluding carboxylic acids is 2. The van der Waals surface area contributed by atoms with E-state index in [1.54, 1.807) is 12.1 Å². The van der Waals surface area contributed by atoms with Gasteiger partial charge in [-0.3, -0.25) is 10.1 Å². The zero-order valence-corrected chi connectivity index (χ0v) is 19.3. The van der Waals surface area contributed by atoms with Crippen LogP contribution in [0.2, 0.25) is 0 Å². The number of ether oxygens (including phenoxy) is 2. The lowest BCUT2D eigenvalue weighted by Crippen LogP contribution is -2.59. The largest absolute Gasteiger partial charge is 0.492 e. The summed E-state index contributed by atoms with van der Waals surface area (Å²) in [5.74, 6) is 0.502. The van der Waals surface area contributed by atoms with Crippen LogP contribution in [0, 0.1) is 6.92 Å². The summed E-state index contributed by atoms with van der Waals surface area (Å²) in [5, 5.41) is 6.69. The Morgan fingerprint density at radius 3 is 2.44 bits per heavy atom. The van der Waals surface area contributed by atoms with E-state index < -0.39 is 5.54 Å². The van der Waals surface area contributed by atoms with Gasteiger partial charge in [0, 0.05) is 6.54 Å². The highest BCUT2D eigenvalue weighted by Crippen LogP contribution is 2.29. The van der Waals surface area contributed by atoms with Crippen LogP contribution in [0.25, 0.3) is 0 Å². The number of rotatable bonds is 9. The number of hydrogen-bond donors (Lipinski definition) is 2. The maximum atomic E-state index is 13.3. The van der Waals surface area contributed by atoms with Gasteiger partial charge in [0.15, 0.2) is 0 Å². The van der Waals surface area contributed by atoms with Crippen LogP contribution in [0.1, 0.15) is 66.6 Å². The van der Waals surface area contributed by atoms with E-state index in [1.807, 2.05) is 50.2 Å². The van der Waals surface area contributed by atoms with Gasteiger partial charge in [-0.2, -0.15) is 0 Å². The molecule has 1 fully saturated rings. The highest BCUT2D eigenvalue weighted by Gasteiger charge is 2.39. The van der Waals surface area contributed by atoms with Crippen molar-refractivity contribution < 1.29 is 19.1 Å². The Balaban J connectivity index is 1.59. The standard InChI is InChI=1S/C26H34N2O4/c1-19-8-7-9-23(18-19)32-17-16-27-26(14-5-4-6-15-26)25(30)28-20(2)21-10-12-22(13-11-21)24(29)31-3/h7-13,18,20,27H,4-6,14-17H2,1-3H3,(H,28,30)/t20-/m0/s1. The van der Waals surface area contributed by atoms with Crippen molar-refractivity contribution in [3.8, 4) is 5.75 Å². The number of aryl methyl sites for hydroxylation is 1. The molecule has 1 saturated carbocycles. The lowest BCUT2D eigenvalue weighted by molar-refractivity contribution is -0.129. The molecule has 0 spiro atoms. The highest BCUT2D eigenvalue weighted by atomic mass is 16.5. The number of hydrogen-bond acceptors (Lipinski definition) is 5. The van der Waals surface area contributed by atoms with Gasteiger partial charge in [0.1, 0.15) is 12.4 Å². The van der Waals surface area contributed by atoms with Gasteiger partial charge in [0.05, 0.1) is 24.3 Å². The topological polar surface area (TPSA) is 76.7 Å². The average molecular weight is 439 g/mol. The fraction of sp³-hybridized carbons (Fsp3) is 0.462. The van der Waals surface area contributed by atoms with Crippen molar-refractivity contribution in [2.45, 2.75) is 57.5 Å². The monoisotopic (exact) mass is 438 g/mol. The molecular formula is C26H34N2O4. The van der Waals surface area contributed by atoms with E-state index in [9.17, 15) is 9.59 Å². The normalized spacial score (nSPS) is 16.1. The number of carbonyl (C=O) groups is 2. The third kappa shape index (κ3) is 6.10. The molecule has 0 radical (unpaired) electrons. The minimum Gasteiger partial charge on any atom is -0.492 e. The smallest absolute Gasteiger partial charge is 0.337 e. The fourth-order valence-electron chi connectivity index (χ4n) is 4.25. The Hall–Kier alpha value is -2.86. The molecule has 6 nitrogen and oxygen atoms in total. The summed E-state index contributed by atoms with van der Waals surface area (Å²) in [6, 6.07) is 15.0. The fourth-order valence-corrected chi connectivity index (χ4v) is 4.25. The van der Waals surface area contributed by atoms with Crippen LogP contribution in [0.5, 0.6) is 5.75 Å². The van der Waals surface area contributed by atoms with Gasteiger partial charge in [-0.25, -0.2) is 4.79 Å². The molecule has 0 saturated heterocycles. The molecule has 3 rings (SSSR count). The molecule has 0 aliphatic heterocycles. The van der Waals surface area contributed by atoms with Crippen molar-refractivity contribution in [1.29, 1.82) is 0 Å². The Bertz CT molecular complexity index is 904. The van der Waals surface area contributed by atoms with E-state index in [2.05, 4.69) is 10.6 Å². The first-order valence-electron chi connectivity index (χ1n) is 11.4. The van der Waals surface area contributed by atoms with Crippen LogP contribution >= 0.6 is 0 Å². The lowest BCUT2D eigenvalue weighted by atomic mass is 9.80. The van der Waals surface area contributed by atoms with Crippen LogP contribution in [0.4, 0.5) is 0 Å². The number of esters is 1. The molecule has 0 aromatic heterocycles. The first-order chi connectivity index (χ1) is 15.4. The van der Waals surface area contributed by atoms with Gasteiger partial charge in [-0.1, -0.05) is 43.5 Å². The lowest BCUT2D eigenvalue weighted by Gasteiger charge is -2.37. The quantitative estimate of drug-likeness (QED) is 0.450. The third-order valence-corrected chi connectivity index (χ3v) is 6.14. The zero-order chi connectivity index (χ0) is 23.0. The van der Waals surface area contributed by atoms with E-state index in [0.717, 1.165) is 49.0 Å². The van der Waals surface area contributed by atoms with Crippen LogP contribution in [0.3, 0.4) is 0 Å². The molecule has 1 amide bonds. The maximum Gasteiger partial charge on any atom is 0.337 e. The van der Waals surface area contributed by atoms with E-state index >= 15 is 0 Å². The second-order valence-corrected chi connectivity index (χ2v) is 8.54. The average Bonchev–Trinajstić information content (AvgIpc) is 2.82. The summed E-state index contributed by atoms with van der Waals surface area (Å²) in [6.45, 7) is 5.10. The van der Waals surface area contributed by atoms with Crippen molar-refractivity contribution in [3.05, 3.63) is 65.2 Å². The SMILES string of the molecule is COC(=O)c1ccc([C@H](C)NC(=O)C2(NCCOc3cccc(C)c3)CCCCC2)cc1. The summed E-state index contributed by atoms with van der Waals surface area (Å²) < 4.78 is 10.6. The Labute approximate surface area is 190 Å². The predicted octanol–water partition coefficient (Wildman–Crippen LogP) is 4.33. The van der Waals surface area contributed by atoms with Crippen LogP contribution in [-0.4, -0.2) is 37.7 Å². The van der Waals surface area contributed by atoms with E-state index in [4.69, 9.17) is 9.47 Å². The first kappa shape index (κ1) is 23.8. The molecule has 0 bridgehead atoms.